The van der Waals surface area contributed by atoms with Crippen LogP contribution in [-0.4, -0.2) is 4.98 Å². The van der Waals surface area contributed by atoms with Gasteiger partial charge in [0.15, 0.2) is 0 Å². The third kappa shape index (κ3) is 2.70. The molecule has 2 aromatic carbocycles. The van der Waals surface area contributed by atoms with Gasteiger partial charge in [-0.1, -0.05) is 41.7 Å². The summed E-state index contributed by atoms with van der Waals surface area (Å²) in [7, 11) is 0. The van der Waals surface area contributed by atoms with E-state index in [9.17, 15) is 0 Å². The van der Waals surface area contributed by atoms with Crippen LogP contribution in [0.4, 0.5) is 0 Å². The molecule has 0 spiro atoms. The molecule has 0 bridgehead atoms. The van der Waals surface area contributed by atoms with Crippen molar-refractivity contribution in [3.05, 3.63) is 71.2 Å². The Balaban J connectivity index is 1.54. The van der Waals surface area contributed by atoms with Gasteiger partial charge in [0.2, 0.25) is 0 Å². The molecule has 1 aromatic heterocycles. The average Bonchev–Trinajstić information content (AvgIpc) is 3.08. The van der Waals surface area contributed by atoms with Crippen molar-refractivity contribution in [3.63, 3.8) is 0 Å². The number of thiazole rings is 1. The number of ether oxygens (including phenoxy) is 2. The summed E-state index contributed by atoms with van der Waals surface area (Å²) >= 11 is 1.49. The third-order valence-electron chi connectivity index (χ3n) is 3.76. The quantitative estimate of drug-likeness (QED) is 0.682. The molecule has 0 N–H and O–H groups in total. The van der Waals surface area contributed by atoms with Crippen molar-refractivity contribution in [1.82, 2.24) is 4.98 Å². The molecular formula is C18H15NO2S. The summed E-state index contributed by atoms with van der Waals surface area (Å²) in [6.45, 7) is 0. The minimum atomic E-state index is 0.138. The number of hydrogen-bond donors (Lipinski definition) is 0. The Hall–Kier alpha value is -2.33. The topological polar surface area (TPSA) is 31.4 Å². The zero-order chi connectivity index (χ0) is 14.8. The molecule has 1 atom stereocenters. The Morgan fingerprint density at radius 2 is 2.05 bits per heavy atom. The minimum absolute atomic E-state index is 0.138. The Bertz CT molecular complexity index is 756. The predicted molar refractivity (Wildman–Crippen MR) is 86.8 cm³/mol. The van der Waals surface area contributed by atoms with Crippen LogP contribution >= 0.6 is 11.3 Å². The number of aromatic nitrogens is 1. The van der Waals surface area contributed by atoms with Gasteiger partial charge in [-0.15, -0.1) is 0 Å². The number of benzene rings is 2. The predicted octanol–water partition coefficient (Wildman–Crippen LogP) is 5.00. The molecule has 0 aliphatic carbocycles. The Morgan fingerprint density at radius 1 is 1.14 bits per heavy atom. The van der Waals surface area contributed by atoms with Crippen molar-refractivity contribution in [1.29, 1.82) is 0 Å². The van der Waals surface area contributed by atoms with Crippen LogP contribution in [0.5, 0.6) is 16.7 Å². The minimum Gasteiger partial charge on any atom is -0.485 e. The first-order chi connectivity index (χ1) is 10.9. The Kier molecular flexibility index (Phi) is 3.52. The van der Waals surface area contributed by atoms with Crippen LogP contribution in [0.3, 0.4) is 0 Å². The molecule has 4 heteroatoms. The van der Waals surface area contributed by atoms with E-state index in [-0.39, 0.29) is 6.10 Å². The lowest BCUT2D eigenvalue weighted by Crippen LogP contribution is -2.15. The fraction of sp³-hybridized carbons (Fsp3) is 0.167. The summed E-state index contributed by atoms with van der Waals surface area (Å²) in [5, 5.41) is 2.57. The van der Waals surface area contributed by atoms with Crippen LogP contribution in [0.2, 0.25) is 0 Å². The van der Waals surface area contributed by atoms with Crippen LogP contribution < -0.4 is 9.47 Å². The smallest absolute Gasteiger partial charge is 0.278 e. The number of fused-ring (bicyclic) bond motifs is 1. The van der Waals surface area contributed by atoms with E-state index >= 15 is 0 Å². The van der Waals surface area contributed by atoms with Crippen molar-refractivity contribution < 1.29 is 9.47 Å². The Labute approximate surface area is 133 Å². The van der Waals surface area contributed by atoms with Gasteiger partial charge >= 0.3 is 0 Å². The number of hydrogen-bond acceptors (Lipinski definition) is 4. The van der Waals surface area contributed by atoms with Gasteiger partial charge in [0, 0.05) is 11.6 Å². The molecule has 22 heavy (non-hydrogen) atoms. The van der Waals surface area contributed by atoms with Gasteiger partial charge < -0.3 is 9.47 Å². The molecular weight excluding hydrogens is 294 g/mol. The van der Waals surface area contributed by atoms with Gasteiger partial charge in [-0.05, 0) is 42.2 Å². The molecule has 0 fully saturated rings. The standard InChI is InChI=1S/C18H15NO2S/c1-2-4-13(5-3-1)16-8-6-14-12-15(7-9-17(14)21-16)20-18-19-10-11-22-18/h1-5,7,9-12,16H,6,8H2/t16-/m0/s1. The zero-order valence-corrected chi connectivity index (χ0v) is 12.8. The molecule has 3 nitrogen and oxygen atoms in total. The van der Waals surface area contributed by atoms with E-state index in [4.69, 9.17) is 9.47 Å². The summed E-state index contributed by atoms with van der Waals surface area (Å²) in [4.78, 5) is 4.14. The fourth-order valence-corrected chi connectivity index (χ4v) is 3.20. The van der Waals surface area contributed by atoms with Crippen LogP contribution in [0.1, 0.15) is 23.7 Å². The van der Waals surface area contributed by atoms with Crippen molar-refractivity contribution in [2.75, 3.05) is 0 Å². The van der Waals surface area contributed by atoms with E-state index in [1.165, 1.54) is 22.5 Å². The second kappa shape index (κ2) is 5.81. The average molecular weight is 309 g/mol. The molecule has 0 unspecified atom stereocenters. The summed E-state index contributed by atoms with van der Waals surface area (Å²) < 4.78 is 11.9. The van der Waals surface area contributed by atoms with Crippen molar-refractivity contribution in [2.45, 2.75) is 18.9 Å². The summed E-state index contributed by atoms with van der Waals surface area (Å²) in [6.07, 6.45) is 3.85. The second-order valence-corrected chi connectivity index (χ2v) is 6.08. The van der Waals surface area contributed by atoms with Crippen LogP contribution in [-0.2, 0) is 6.42 Å². The van der Waals surface area contributed by atoms with Gasteiger partial charge in [-0.25, -0.2) is 4.98 Å². The summed E-state index contributed by atoms with van der Waals surface area (Å²) in [5.74, 6) is 1.77. The first-order valence-corrected chi connectivity index (χ1v) is 8.18. The first kappa shape index (κ1) is 13.3. The summed E-state index contributed by atoms with van der Waals surface area (Å²) in [5.41, 5.74) is 2.43. The van der Waals surface area contributed by atoms with Crippen molar-refractivity contribution in [2.24, 2.45) is 0 Å². The maximum Gasteiger partial charge on any atom is 0.278 e. The van der Waals surface area contributed by atoms with Gasteiger partial charge in [-0.2, -0.15) is 0 Å². The largest absolute Gasteiger partial charge is 0.485 e. The third-order valence-corrected chi connectivity index (χ3v) is 4.41. The molecule has 2 heterocycles. The second-order valence-electron chi connectivity index (χ2n) is 5.23. The number of rotatable bonds is 3. The van der Waals surface area contributed by atoms with Gasteiger partial charge in [0.05, 0.1) is 0 Å². The molecule has 0 saturated carbocycles. The van der Waals surface area contributed by atoms with E-state index < -0.39 is 0 Å². The molecule has 4 rings (SSSR count). The van der Waals surface area contributed by atoms with Crippen molar-refractivity contribution in [3.8, 4) is 16.7 Å². The highest BCUT2D eigenvalue weighted by atomic mass is 32.1. The lowest BCUT2D eigenvalue weighted by atomic mass is 9.97. The molecule has 0 saturated heterocycles. The van der Waals surface area contributed by atoms with Crippen LogP contribution in [0.15, 0.2) is 60.1 Å². The monoisotopic (exact) mass is 309 g/mol. The van der Waals surface area contributed by atoms with Gasteiger partial charge in [-0.3, -0.25) is 0 Å². The lowest BCUT2D eigenvalue weighted by Gasteiger charge is -2.26. The number of aryl methyl sites for hydroxylation is 1. The van der Waals surface area contributed by atoms with E-state index in [0.717, 1.165) is 24.3 Å². The zero-order valence-electron chi connectivity index (χ0n) is 11.9. The van der Waals surface area contributed by atoms with E-state index in [1.54, 1.807) is 6.20 Å². The highest BCUT2D eigenvalue weighted by molar-refractivity contribution is 7.11. The molecule has 0 radical (unpaired) electrons. The highest BCUT2D eigenvalue weighted by Crippen LogP contribution is 2.37. The Morgan fingerprint density at radius 3 is 2.86 bits per heavy atom. The van der Waals surface area contributed by atoms with Crippen molar-refractivity contribution >= 4 is 11.3 Å². The van der Waals surface area contributed by atoms with Crippen LogP contribution in [0.25, 0.3) is 0 Å². The molecule has 110 valence electrons. The van der Waals surface area contributed by atoms with E-state index in [1.807, 2.05) is 23.6 Å². The van der Waals surface area contributed by atoms with E-state index in [0.29, 0.717) is 5.19 Å². The molecule has 0 amide bonds. The first-order valence-electron chi connectivity index (χ1n) is 7.30. The highest BCUT2D eigenvalue weighted by Gasteiger charge is 2.21. The normalized spacial score (nSPS) is 16.6. The lowest BCUT2D eigenvalue weighted by molar-refractivity contribution is 0.176. The molecule has 1 aliphatic heterocycles. The van der Waals surface area contributed by atoms with Crippen LogP contribution in [0, 0.1) is 0 Å². The maximum absolute atomic E-state index is 6.14. The SMILES string of the molecule is c1ccc([C@@H]2CCc3cc(Oc4nccs4)ccc3O2)cc1. The fourth-order valence-electron chi connectivity index (χ4n) is 2.69. The maximum atomic E-state index is 6.14. The molecule has 3 aromatic rings. The summed E-state index contributed by atoms with van der Waals surface area (Å²) in [6, 6.07) is 16.4. The van der Waals surface area contributed by atoms with Gasteiger partial charge in [0.1, 0.15) is 17.6 Å². The molecule has 1 aliphatic rings. The number of nitrogens with zero attached hydrogens (tertiary/aromatic N) is 1. The van der Waals surface area contributed by atoms with Gasteiger partial charge in [0.25, 0.3) is 5.19 Å². The van der Waals surface area contributed by atoms with E-state index in [2.05, 4.69) is 35.3 Å².